The fourth-order valence-corrected chi connectivity index (χ4v) is 7.66. The number of rotatable bonds is 47. The minimum atomic E-state index is -0.673. The van der Waals surface area contributed by atoms with Gasteiger partial charge in [0, 0.05) is 12.8 Å². The summed E-state index contributed by atoms with van der Waals surface area (Å²) in [5.74, 6) is -0.0718. The zero-order valence-corrected chi connectivity index (χ0v) is 39.2. The highest BCUT2D eigenvalue weighted by Crippen LogP contribution is 2.15. The van der Waals surface area contributed by atoms with E-state index in [9.17, 15) is 19.8 Å². The van der Waals surface area contributed by atoms with Crippen molar-refractivity contribution >= 4 is 11.9 Å². The molecule has 2 unspecified atom stereocenters. The van der Waals surface area contributed by atoms with Gasteiger partial charge >= 0.3 is 5.97 Å². The number of esters is 1. The minimum Gasteiger partial charge on any atom is -0.466 e. The van der Waals surface area contributed by atoms with Crippen molar-refractivity contribution < 1.29 is 24.5 Å². The first kappa shape index (κ1) is 57.1. The van der Waals surface area contributed by atoms with E-state index >= 15 is 0 Å². The highest BCUT2D eigenvalue weighted by atomic mass is 16.5. The first-order chi connectivity index (χ1) is 29.0. The number of aliphatic hydroxyl groups is 2. The maximum absolute atomic E-state index is 12.4. The summed E-state index contributed by atoms with van der Waals surface area (Å²) in [5, 5.41) is 23.1. The number of aliphatic hydroxyl groups excluding tert-OH is 2. The van der Waals surface area contributed by atoms with E-state index in [1.807, 2.05) is 0 Å². The van der Waals surface area contributed by atoms with Gasteiger partial charge in [0.25, 0.3) is 0 Å². The summed E-state index contributed by atoms with van der Waals surface area (Å²) >= 11 is 0. The largest absolute Gasteiger partial charge is 0.466 e. The molecule has 0 saturated carbocycles. The SMILES string of the molecule is CCCCC/C=C\C/C=C\CCCCCCCCCC(=O)OCCCCCC/C=C\CCCCCCCCCC(=O)NC(CO)C(O)CCCCCCCCCCCC. The normalized spacial score (nSPS) is 12.9. The van der Waals surface area contributed by atoms with E-state index in [1.54, 1.807) is 0 Å². The molecule has 0 aliphatic carbocycles. The summed E-state index contributed by atoms with van der Waals surface area (Å²) in [6.07, 6.45) is 58.3. The van der Waals surface area contributed by atoms with Gasteiger partial charge in [0.15, 0.2) is 0 Å². The number of carbonyl (C=O) groups excluding carboxylic acids is 2. The Morgan fingerprint density at radius 3 is 1.34 bits per heavy atom. The first-order valence-electron chi connectivity index (χ1n) is 25.7. The summed E-state index contributed by atoms with van der Waals surface area (Å²) in [6.45, 7) is 4.87. The quantitative estimate of drug-likeness (QED) is 0.0323. The van der Waals surface area contributed by atoms with Gasteiger partial charge < -0.3 is 20.3 Å². The van der Waals surface area contributed by atoms with Crippen LogP contribution in [-0.2, 0) is 14.3 Å². The fourth-order valence-electron chi connectivity index (χ4n) is 7.66. The third-order valence-electron chi connectivity index (χ3n) is 11.7. The number of unbranched alkanes of at least 4 members (excludes halogenated alkanes) is 30. The first-order valence-corrected chi connectivity index (χ1v) is 25.7. The average molecular weight is 830 g/mol. The maximum Gasteiger partial charge on any atom is 0.305 e. The summed E-state index contributed by atoms with van der Waals surface area (Å²) in [5.41, 5.74) is 0. The van der Waals surface area contributed by atoms with Gasteiger partial charge in [-0.1, -0.05) is 204 Å². The van der Waals surface area contributed by atoms with E-state index in [-0.39, 0.29) is 18.5 Å². The number of amides is 1. The third-order valence-corrected chi connectivity index (χ3v) is 11.7. The van der Waals surface area contributed by atoms with Crippen LogP contribution in [0.3, 0.4) is 0 Å². The summed E-state index contributed by atoms with van der Waals surface area (Å²) in [7, 11) is 0. The number of allylic oxidation sites excluding steroid dienone is 6. The molecule has 59 heavy (non-hydrogen) atoms. The molecule has 0 spiro atoms. The van der Waals surface area contributed by atoms with Gasteiger partial charge in [0.2, 0.25) is 5.91 Å². The van der Waals surface area contributed by atoms with Crippen molar-refractivity contribution in [3.05, 3.63) is 36.5 Å². The predicted molar refractivity (Wildman–Crippen MR) is 255 cm³/mol. The molecule has 0 saturated heterocycles. The number of nitrogens with one attached hydrogen (secondary N) is 1. The molecule has 2 atom stereocenters. The lowest BCUT2D eigenvalue weighted by atomic mass is 10.0. The van der Waals surface area contributed by atoms with E-state index < -0.39 is 12.1 Å². The van der Waals surface area contributed by atoms with Crippen LogP contribution in [0.1, 0.15) is 264 Å². The summed E-state index contributed by atoms with van der Waals surface area (Å²) < 4.78 is 5.46. The molecule has 0 aliphatic heterocycles. The van der Waals surface area contributed by atoms with Crippen molar-refractivity contribution in [1.29, 1.82) is 0 Å². The minimum absolute atomic E-state index is 0.0186. The van der Waals surface area contributed by atoms with E-state index in [0.717, 1.165) is 77.0 Å². The summed E-state index contributed by atoms with van der Waals surface area (Å²) in [4.78, 5) is 24.4. The molecule has 6 heteroatoms. The Morgan fingerprint density at radius 1 is 0.475 bits per heavy atom. The van der Waals surface area contributed by atoms with Crippen molar-refractivity contribution in [1.82, 2.24) is 5.32 Å². The molecular formula is C53H99NO5. The lowest BCUT2D eigenvalue weighted by Gasteiger charge is -2.22. The Kier molecular flexibility index (Phi) is 47.2. The Morgan fingerprint density at radius 2 is 0.847 bits per heavy atom. The van der Waals surface area contributed by atoms with Crippen LogP contribution < -0.4 is 5.32 Å². The fraction of sp³-hybridized carbons (Fsp3) is 0.849. The zero-order chi connectivity index (χ0) is 43.0. The van der Waals surface area contributed by atoms with Crippen LogP contribution in [0.15, 0.2) is 36.5 Å². The Labute approximate surface area is 366 Å². The topological polar surface area (TPSA) is 95.9 Å². The molecule has 6 nitrogen and oxygen atoms in total. The Bertz CT molecular complexity index is 962. The van der Waals surface area contributed by atoms with Crippen LogP contribution in [0.25, 0.3) is 0 Å². The molecule has 0 aromatic rings. The molecule has 0 fully saturated rings. The molecule has 0 aromatic heterocycles. The van der Waals surface area contributed by atoms with Gasteiger partial charge in [-0.05, 0) is 83.5 Å². The summed E-state index contributed by atoms with van der Waals surface area (Å²) in [6, 6.07) is -0.552. The molecule has 0 rings (SSSR count). The molecular weight excluding hydrogens is 731 g/mol. The number of carbonyl (C=O) groups is 2. The van der Waals surface area contributed by atoms with Gasteiger partial charge in [0.1, 0.15) is 0 Å². The molecule has 1 amide bonds. The second kappa shape index (κ2) is 48.7. The van der Waals surface area contributed by atoms with Crippen LogP contribution in [0, 0.1) is 0 Å². The van der Waals surface area contributed by atoms with Crippen LogP contribution in [0.4, 0.5) is 0 Å². The van der Waals surface area contributed by atoms with Crippen molar-refractivity contribution in [3.8, 4) is 0 Å². The van der Waals surface area contributed by atoms with Gasteiger partial charge in [-0.2, -0.15) is 0 Å². The lowest BCUT2D eigenvalue weighted by molar-refractivity contribution is -0.143. The van der Waals surface area contributed by atoms with Crippen LogP contribution in [0.2, 0.25) is 0 Å². The number of ether oxygens (including phenoxy) is 1. The predicted octanol–water partition coefficient (Wildman–Crippen LogP) is 15.3. The Hall–Kier alpha value is -1.92. The molecule has 0 bridgehead atoms. The molecule has 0 radical (unpaired) electrons. The van der Waals surface area contributed by atoms with E-state index in [2.05, 4.69) is 55.6 Å². The van der Waals surface area contributed by atoms with E-state index in [4.69, 9.17) is 4.74 Å². The number of hydrogen-bond acceptors (Lipinski definition) is 5. The van der Waals surface area contributed by atoms with Crippen LogP contribution >= 0.6 is 0 Å². The van der Waals surface area contributed by atoms with E-state index in [1.165, 1.54) is 154 Å². The smallest absolute Gasteiger partial charge is 0.305 e. The lowest BCUT2D eigenvalue weighted by Crippen LogP contribution is -2.45. The Balaban J connectivity index is 3.46. The standard InChI is InChI=1S/C53H99NO5/c1-3-5-7-9-11-13-15-16-17-18-21-24-27-31-35-39-43-47-53(58)59-48-44-40-36-32-28-25-22-19-20-23-26-30-34-38-42-46-52(57)54-50(49-55)51(56)45-41-37-33-29-14-12-10-8-6-4-2/h11,13,16-17,22,25,50-51,55-56H,3-10,12,14-15,18-21,23-24,26-49H2,1-2H3,(H,54,57)/b13-11-,17-16-,25-22-. The van der Waals surface area contributed by atoms with E-state index in [0.29, 0.717) is 25.9 Å². The average Bonchev–Trinajstić information content (AvgIpc) is 3.24. The zero-order valence-electron chi connectivity index (χ0n) is 39.2. The highest BCUT2D eigenvalue weighted by Gasteiger charge is 2.20. The molecule has 3 N–H and O–H groups in total. The maximum atomic E-state index is 12.4. The van der Waals surface area contributed by atoms with Gasteiger partial charge in [-0.3, -0.25) is 9.59 Å². The molecule has 346 valence electrons. The van der Waals surface area contributed by atoms with Crippen LogP contribution in [0.5, 0.6) is 0 Å². The second-order valence-corrected chi connectivity index (χ2v) is 17.5. The number of hydrogen-bond donors (Lipinski definition) is 3. The highest BCUT2D eigenvalue weighted by molar-refractivity contribution is 5.76. The van der Waals surface area contributed by atoms with Crippen molar-refractivity contribution in [2.75, 3.05) is 13.2 Å². The molecule has 0 aliphatic rings. The van der Waals surface area contributed by atoms with Crippen molar-refractivity contribution in [2.24, 2.45) is 0 Å². The van der Waals surface area contributed by atoms with Gasteiger partial charge in [0.05, 0.1) is 25.4 Å². The van der Waals surface area contributed by atoms with Gasteiger partial charge in [-0.25, -0.2) is 0 Å². The molecule has 0 aromatic carbocycles. The van der Waals surface area contributed by atoms with Gasteiger partial charge in [-0.15, -0.1) is 0 Å². The van der Waals surface area contributed by atoms with Crippen molar-refractivity contribution in [3.63, 3.8) is 0 Å². The third kappa shape index (κ3) is 45.4. The van der Waals surface area contributed by atoms with Crippen molar-refractivity contribution in [2.45, 2.75) is 276 Å². The second-order valence-electron chi connectivity index (χ2n) is 17.5. The van der Waals surface area contributed by atoms with Crippen LogP contribution in [-0.4, -0.2) is 47.4 Å². The molecule has 0 heterocycles. The monoisotopic (exact) mass is 830 g/mol.